The third-order valence-electron chi connectivity index (χ3n) is 5.32. The van der Waals surface area contributed by atoms with E-state index in [-0.39, 0.29) is 17.2 Å². The van der Waals surface area contributed by atoms with Crippen LogP contribution < -0.4 is 5.32 Å². The van der Waals surface area contributed by atoms with E-state index in [4.69, 9.17) is 9.15 Å². The Hall–Kier alpha value is -3.52. The molecule has 1 aliphatic rings. The Morgan fingerprint density at radius 3 is 2.62 bits per heavy atom. The number of amides is 2. The third kappa shape index (κ3) is 4.40. The lowest BCUT2D eigenvalue weighted by Gasteiger charge is -2.23. The highest BCUT2D eigenvalue weighted by Gasteiger charge is 2.33. The molecule has 7 nitrogen and oxygen atoms in total. The molecule has 0 radical (unpaired) electrons. The van der Waals surface area contributed by atoms with Crippen molar-refractivity contribution in [3.05, 3.63) is 88.9 Å². The highest BCUT2D eigenvalue weighted by atomic mass is 32.2. The molecule has 1 saturated heterocycles. The predicted octanol–water partition coefficient (Wildman–Crippen LogP) is 4.40. The minimum atomic E-state index is -0.453. The average molecular weight is 451 g/mol. The highest BCUT2D eigenvalue weighted by Crippen LogP contribution is 2.39. The van der Waals surface area contributed by atoms with Crippen molar-refractivity contribution in [2.45, 2.75) is 18.8 Å². The van der Waals surface area contributed by atoms with Gasteiger partial charge in [0.2, 0.25) is 5.91 Å². The van der Waals surface area contributed by atoms with Gasteiger partial charge in [0, 0.05) is 11.3 Å². The van der Waals surface area contributed by atoms with Gasteiger partial charge in [-0.05, 0) is 54.4 Å². The van der Waals surface area contributed by atoms with Crippen molar-refractivity contribution in [3.8, 4) is 0 Å². The summed E-state index contributed by atoms with van der Waals surface area (Å²) in [6, 6.07) is 15.9. The van der Waals surface area contributed by atoms with Crippen molar-refractivity contribution in [2.24, 2.45) is 0 Å². The van der Waals surface area contributed by atoms with Crippen LogP contribution in [-0.2, 0) is 16.1 Å². The van der Waals surface area contributed by atoms with Gasteiger partial charge in [-0.2, -0.15) is 0 Å². The molecule has 0 bridgehead atoms. The number of esters is 1. The number of carbonyl (C=O) groups excluding carboxylic acids is 3. The van der Waals surface area contributed by atoms with Crippen molar-refractivity contribution >= 4 is 35.2 Å². The first kappa shape index (κ1) is 21.7. The van der Waals surface area contributed by atoms with Gasteiger partial charge in [0.15, 0.2) is 0 Å². The molecule has 2 heterocycles. The first-order valence-corrected chi connectivity index (χ1v) is 11.1. The fourth-order valence-corrected chi connectivity index (χ4v) is 4.76. The predicted molar refractivity (Wildman–Crippen MR) is 121 cm³/mol. The largest absolute Gasteiger partial charge is 0.467 e. The van der Waals surface area contributed by atoms with Crippen LogP contribution in [-0.4, -0.2) is 35.5 Å². The van der Waals surface area contributed by atoms with Crippen molar-refractivity contribution in [2.75, 3.05) is 18.2 Å². The molecule has 1 aliphatic heterocycles. The van der Waals surface area contributed by atoms with Gasteiger partial charge in [-0.1, -0.05) is 18.2 Å². The Balaban J connectivity index is 1.48. The maximum Gasteiger partial charge on any atom is 0.338 e. The molecular formula is C24H22N2O5S. The molecule has 3 aromatic rings. The number of nitrogens with one attached hydrogen (secondary N) is 1. The van der Waals surface area contributed by atoms with E-state index < -0.39 is 5.97 Å². The molecule has 2 aromatic carbocycles. The molecule has 4 rings (SSSR count). The summed E-state index contributed by atoms with van der Waals surface area (Å²) in [5.74, 6) is 0.448. The first-order valence-electron chi connectivity index (χ1n) is 10.0. The lowest BCUT2D eigenvalue weighted by Crippen LogP contribution is -2.27. The van der Waals surface area contributed by atoms with Gasteiger partial charge < -0.3 is 19.4 Å². The SMILES string of the molecule is COC(=O)c1cccc(NC(=O)c2ccc([C@H]3SCC(=O)N3Cc3ccco3)cc2)c1C. The van der Waals surface area contributed by atoms with Crippen molar-refractivity contribution in [3.63, 3.8) is 0 Å². The second-order valence-corrected chi connectivity index (χ2v) is 8.38. The van der Waals surface area contributed by atoms with Crippen LogP contribution in [0, 0.1) is 6.92 Å². The van der Waals surface area contributed by atoms with Crippen LogP contribution in [0.3, 0.4) is 0 Å². The molecule has 1 fully saturated rings. The Kier molecular flexibility index (Phi) is 6.32. The zero-order valence-corrected chi connectivity index (χ0v) is 18.5. The van der Waals surface area contributed by atoms with Crippen LogP contribution in [0.25, 0.3) is 0 Å². The maximum atomic E-state index is 12.8. The van der Waals surface area contributed by atoms with Gasteiger partial charge in [0.05, 0.1) is 31.2 Å². The molecule has 0 unspecified atom stereocenters. The number of rotatable bonds is 6. The van der Waals surface area contributed by atoms with E-state index in [1.54, 1.807) is 66.2 Å². The van der Waals surface area contributed by atoms with Gasteiger partial charge >= 0.3 is 5.97 Å². The molecule has 32 heavy (non-hydrogen) atoms. The molecule has 164 valence electrons. The van der Waals surface area contributed by atoms with Gasteiger partial charge in [0.1, 0.15) is 11.1 Å². The standard InChI is InChI=1S/C24H22N2O5S/c1-15-19(24(29)30-2)6-3-7-20(15)25-22(28)16-8-10-17(11-9-16)23-26(21(27)14-32-23)13-18-5-4-12-31-18/h3-12,23H,13-14H2,1-2H3,(H,25,28)/t23-/m1/s1. The molecule has 8 heteroatoms. The summed E-state index contributed by atoms with van der Waals surface area (Å²) in [5, 5.41) is 2.72. The zero-order valence-electron chi connectivity index (χ0n) is 17.7. The molecule has 1 aromatic heterocycles. The Labute approximate surface area is 189 Å². The molecule has 0 saturated carbocycles. The van der Waals surface area contributed by atoms with E-state index in [2.05, 4.69) is 5.32 Å². The average Bonchev–Trinajstić information content (AvgIpc) is 3.45. The van der Waals surface area contributed by atoms with Gasteiger partial charge in [-0.15, -0.1) is 11.8 Å². The molecule has 1 N–H and O–H groups in total. The topological polar surface area (TPSA) is 88.8 Å². The molecule has 1 atom stereocenters. The Bertz CT molecular complexity index is 1140. The maximum absolute atomic E-state index is 12.8. The first-order chi connectivity index (χ1) is 15.5. The number of furan rings is 1. The summed E-state index contributed by atoms with van der Waals surface area (Å²) < 4.78 is 10.2. The van der Waals surface area contributed by atoms with Crippen molar-refractivity contribution < 1.29 is 23.5 Å². The van der Waals surface area contributed by atoms with Crippen LogP contribution in [0.4, 0.5) is 5.69 Å². The van der Waals surface area contributed by atoms with E-state index >= 15 is 0 Å². The van der Waals surface area contributed by atoms with E-state index in [9.17, 15) is 14.4 Å². The van der Waals surface area contributed by atoms with Gasteiger partial charge in [0.25, 0.3) is 5.91 Å². The number of hydrogen-bond donors (Lipinski definition) is 1. The quantitative estimate of drug-likeness (QED) is 0.560. The molecular weight excluding hydrogens is 428 g/mol. The summed E-state index contributed by atoms with van der Waals surface area (Å²) in [7, 11) is 1.32. The summed E-state index contributed by atoms with van der Waals surface area (Å²) >= 11 is 1.55. The minimum Gasteiger partial charge on any atom is -0.467 e. The van der Waals surface area contributed by atoms with Gasteiger partial charge in [-0.25, -0.2) is 4.79 Å². The van der Waals surface area contributed by atoms with Crippen LogP contribution in [0.15, 0.2) is 65.3 Å². The second kappa shape index (κ2) is 9.32. The normalized spacial score (nSPS) is 15.6. The fourth-order valence-electron chi connectivity index (χ4n) is 3.57. The number of carbonyl (C=O) groups is 3. The summed E-state index contributed by atoms with van der Waals surface area (Å²) in [4.78, 5) is 38.8. The number of ether oxygens (including phenoxy) is 1. The molecule has 0 aliphatic carbocycles. The molecule has 2 amide bonds. The monoisotopic (exact) mass is 450 g/mol. The number of hydrogen-bond acceptors (Lipinski definition) is 6. The van der Waals surface area contributed by atoms with Crippen LogP contribution >= 0.6 is 11.8 Å². The lowest BCUT2D eigenvalue weighted by atomic mass is 10.1. The van der Waals surface area contributed by atoms with Crippen LogP contribution in [0.2, 0.25) is 0 Å². The second-order valence-electron chi connectivity index (χ2n) is 7.31. The van der Waals surface area contributed by atoms with Gasteiger partial charge in [-0.3, -0.25) is 9.59 Å². The fraction of sp³-hybridized carbons (Fsp3) is 0.208. The summed E-state index contributed by atoms with van der Waals surface area (Å²) in [6.07, 6.45) is 1.59. The summed E-state index contributed by atoms with van der Waals surface area (Å²) in [6.45, 7) is 2.16. The van der Waals surface area contributed by atoms with Crippen molar-refractivity contribution in [1.82, 2.24) is 4.90 Å². The highest BCUT2D eigenvalue weighted by molar-refractivity contribution is 8.00. The number of benzene rings is 2. The lowest BCUT2D eigenvalue weighted by molar-refractivity contribution is -0.128. The van der Waals surface area contributed by atoms with E-state index in [1.807, 2.05) is 18.2 Å². The Morgan fingerprint density at radius 1 is 1.16 bits per heavy atom. The number of nitrogens with zero attached hydrogens (tertiary/aromatic N) is 1. The van der Waals surface area contributed by atoms with E-state index in [0.717, 1.165) is 11.3 Å². The minimum absolute atomic E-state index is 0.0548. The smallest absolute Gasteiger partial charge is 0.338 e. The Morgan fingerprint density at radius 2 is 1.94 bits per heavy atom. The summed E-state index contributed by atoms with van der Waals surface area (Å²) in [5.41, 5.74) is 3.00. The number of thioether (sulfide) groups is 1. The van der Waals surface area contributed by atoms with E-state index in [0.29, 0.717) is 34.7 Å². The number of anilines is 1. The van der Waals surface area contributed by atoms with Crippen LogP contribution in [0.5, 0.6) is 0 Å². The van der Waals surface area contributed by atoms with E-state index in [1.165, 1.54) is 7.11 Å². The molecule has 0 spiro atoms. The zero-order chi connectivity index (χ0) is 22.7. The number of methoxy groups -OCH3 is 1. The third-order valence-corrected chi connectivity index (χ3v) is 6.58. The van der Waals surface area contributed by atoms with Crippen molar-refractivity contribution in [1.29, 1.82) is 0 Å². The van der Waals surface area contributed by atoms with Crippen LogP contribution in [0.1, 0.15) is 43.0 Å².